The first-order valence-electron chi connectivity index (χ1n) is 10.9. The van der Waals surface area contributed by atoms with E-state index in [1.165, 1.54) is 0 Å². The number of carbonyl (C=O) groups excluding carboxylic acids is 1. The summed E-state index contributed by atoms with van der Waals surface area (Å²) in [6, 6.07) is 6.19. The molecule has 1 aromatic carbocycles. The maximum absolute atomic E-state index is 11.7. The van der Waals surface area contributed by atoms with E-state index in [0.717, 1.165) is 66.4 Å². The fourth-order valence-corrected chi connectivity index (χ4v) is 3.40. The summed E-state index contributed by atoms with van der Waals surface area (Å²) in [4.78, 5) is 16.5. The van der Waals surface area contributed by atoms with Crippen molar-refractivity contribution in [3.05, 3.63) is 24.0 Å². The smallest absolute Gasteiger partial charge is 0.220 e. The van der Waals surface area contributed by atoms with Crippen molar-refractivity contribution in [1.29, 1.82) is 0 Å². The molecule has 3 rings (SSSR count). The van der Waals surface area contributed by atoms with Gasteiger partial charge < -0.3 is 16.0 Å². The number of nitrogens with one attached hydrogen (secondary N) is 3. The molecule has 0 aliphatic heterocycles. The number of unbranched alkanes of at least 4 members (excludes halogenated alkanes) is 1. The van der Waals surface area contributed by atoms with E-state index in [9.17, 15) is 4.79 Å². The van der Waals surface area contributed by atoms with Crippen LogP contribution < -0.4 is 16.0 Å². The van der Waals surface area contributed by atoms with Gasteiger partial charge in [-0.2, -0.15) is 0 Å². The van der Waals surface area contributed by atoms with E-state index in [1.54, 1.807) is 0 Å². The van der Waals surface area contributed by atoms with Crippen LogP contribution in [0.5, 0.6) is 0 Å². The standard InChI is InChI=1S/C22H33N7O/c1-5-10-23-17-8-9-18-19(14-17)29-16(4)27-28-22(29)21(26-18)25-12-7-6-11-24-20(30)13-15(2)3/h8-9,14-15,23H,5-7,10-13H2,1-4H3,(H,24,30)(H,25,26). The monoisotopic (exact) mass is 411 g/mol. The molecule has 2 aromatic heterocycles. The van der Waals surface area contributed by atoms with E-state index in [4.69, 9.17) is 4.98 Å². The Kier molecular flexibility index (Phi) is 7.43. The average molecular weight is 412 g/mol. The zero-order valence-corrected chi connectivity index (χ0v) is 18.5. The molecule has 3 N–H and O–H groups in total. The highest BCUT2D eigenvalue weighted by Gasteiger charge is 2.13. The quantitative estimate of drug-likeness (QED) is 0.416. The molecule has 0 saturated heterocycles. The second kappa shape index (κ2) is 10.2. The molecule has 162 valence electrons. The van der Waals surface area contributed by atoms with Crippen molar-refractivity contribution in [1.82, 2.24) is 24.9 Å². The maximum atomic E-state index is 11.7. The van der Waals surface area contributed by atoms with Gasteiger partial charge in [0.15, 0.2) is 5.82 Å². The molecule has 8 nitrogen and oxygen atoms in total. The molecule has 0 saturated carbocycles. The third-order valence-electron chi connectivity index (χ3n) is 4.88. The molecule has 30 heavy (non-hydrogen) atoms. The summed E-state index contributed by atoms with van der Waals surface area (Å²) in [5.41, 5.74) is 3.70. The van der Waals surface area contributed by atoms with Crippen LogP contribution in [-0.2, 0) is 4.79 Å². The van der Waals surface area contributed by atoms with Gasteiger partial charge in [-0.1, -0.05) is 20.8 Å². The predicted molar refractivity (Wildman–Crippen MR) is 122 cm³/mol. The number of hydrogen-bond donors (Lipinski definition) is 3. The number of anilines is 2. The minimum Gasteiger partial charge on any atom is -0.385 e. The second-order valence-corrected chi connectivity index (χ2v) is 8.08. The van der Waals surface area contributed by atoms with Gasteiger partial charge in [-0.15, -0.1) is 10.2 Å². The van der Waals surface area contributed by atoms with Gasteiger partial charge in [0.25, 0.3) is 0 Å². The lowest BCUT2D eigenvalue weighted by Crippen LogP contribution is -2.25. The van der Waals surface area contributed by atoms with Crippen LogP contribution in [0.4, 0.5) is 11.5 Å². The van der Waals surface area contributed by atoms with E-state index in [0.29, 0.717) is 18.9 Å². The summed E-state index contributed by atoms with van der Waals surface area (Å²) in [7, 11) is 0. The molecule has 0 unspecified atom stereocenters. The van der Waals surface area contributed by atoms with Gasteiger partial charge in [0.1, 0.15) is 5.82 Å². The number of nitrogens with zero attached hydrogens (tertiary/aromatic N) is 4. The van der Waals surface area contributed by atoms with Crippen LogP contribution in [0.25, 0.3) is 16.7 Å². The van der Waals surface area contributed by atoms with Crippen molar-refractivity contribution in [3.63, 3.8) is 0 Å². The molecule has 2 heterocycles. The highest BCUT2D eigenvalue weighted by molar-refractivity contribution is 5.85. The number of aromatic nitrogens is 4. The summed E-state index contributed by atoms with van der Waals surface area (Å²) in [6.07, 6.45) is 3.50. The van der Waals surface area contributed by atoms with Crippen LogP contribution in [0, 0.1) is 12.8 Å². The molecular formula is C22H33N7O. The van der Waals surface area contributed by atoms with Gasteiger partial charge in [0.2, 0.25) is 11.6 Å². The first kappa shape index (κ1) is 21.8. The van der Waals surface area contributed by atoms with E-state index < -0.39 is 0 Å². The highest BCUT2D eigenvalue weighted by Crippen LogP contribution is 2.24. The summed E-state index contributed by atoms with van der Waals surface area (Å²) < 4.78 is 2.05. The molecule has 0 aliphatic carbocycles. The molecule has 0 aliphatic rings. The van der Waals surface area contributed by atoms with E-state index in [-0.39, 0.29) is 5.91 Å². The van der Waals surface area contributed by atoms with Crippen molar-refractivity contribution >= 4 is 34.1 Å². The Morgan fingerprint density at radius 3 is 2.67 bits per heavy atom. The Bertz CT molecular complexity index is 996. The van der Waals surface area contributed by atoms with E-state index in [1.807, 2.05) is 17.4 Å². The van der Waals surface area contributed by atoms with E-state index in [2.05, 4.69) is 59.1 Å². The Morgan fingerprint density at radius 2 is 1.90 bits per heavy atom. The minimum absolute atomic E-state index is 0.127. The van der Waals surface area contributed by atoms with Gasteiger partial charge in [-0.3, -0.25) is 9.20 Å². The number of fused-ring (bicyclic) bond motifs is 3. The predicted octanol–water partition coefficient (Wildman–Crippen LogP) is 3.76. The van der Waals surface area contributed by atoms with Crippen LogP contribution in [0.15, 0.2) is 18.2 Å². The second-order valence-electron chi connectivity index (χ2n) is 8.08. The van der Waals surface area contributed by atoms with Gasteiger partial charge in [-0.25, -0.2) is 4.98 Å². The largest absolute Gasteiger partial charge is 0.385 e. The van der Waals surface area contributed by atoms with Crippen molar-refractivity contribution in [2.24, 2.45) is 5.92 Å². The fraction of sp³-hybridized carbons (Fsp3) is 0.545. The molecule has 0 spiro atoms. The number of aryl methyl sites for hydroxylation is 1. The van der Waals surface area contributed by atoms with Gasteiger partial charge in [-0.05, 0) is 50.3 Å². The lowest BCUT2D eigenvalue weighted by molar-refractivity contribution is -0.121. The highest BCUT2D eigenvalue weighted by atomic mass is 16.1. The van der Waals surface area contributed by atoms with Crippen LogP contribution in [0.1, 0.15) is 52.3 Å². The Hall–Kier alpha value is -2.90. The molecule has 1 amide bonds. The van der Waals surface area contributed by atoms with Gasteiger partial charge in [0.05, 0.1) is 11.0 Å². The third-order valence-corrected chi connectivity index (χ3v) is 4.88. The number of carbonyl (C=O) groups is 1. The fourth-order valence-electron chi connectivity index (χ4n) is 3.40. The molecule has 3 aromatic rings. The van der Waals surface area contributed by atoms with Crippen molar-refractivity contribution in [2.45, 2.75) is 53.4 Å². The Labute approximate surface area is 177 Å². The molecule has 0 atom stereocenters. The van der Waals surface area contributed by atoms with Crippen molar-refractivity contribution in [2.75, 3.05) is 30.3 Å². The van der Waals surface area contributed by atoms with Crippen LogP contribution in [0.2, 0.25) is 0 Å². The summed E-state index contributed by atoms with van der Waals surface area (Å²) in [5, 5.41) is 18.4. The topological polar surface area (TPSA) is 96.2 Å². The minimum atomic E-state index is 0.127. The van der Waals surface area contributed by atoms with Crippen LogP contribution >= 0.6 is 0 Å². The SMILES string of the molecule is CCCNc1ccc2nc(NCCCCNC(=O)CC(C)C)c3nnc(C)n3c2c1. The first-order valence-corrected chi connectivity index (χ1v) is 10.9. The number of benzene rings is 1. The zero-order chi connectivity index (χ0) is 21.5. The maximum Gasteiger partial charge on any atom is 0.220 e. The normalized spacial score (nSPS) is 11.4. The molecular weight excluding hydrogens is 378 g/mol. The average Bonchev–Trinajstić information content (AvgIpc) is 3.10. The Morgan fingerprint density at radius 1 is 1.10 bits per heavy atom. The summed E-state index contributed by atoms with van der Waals surface area (Å²) >= 11 is 0. The van der Waals surface area contributed by atoms with E-state index >= 15 is 0 Å². The summed E-state index contributed by atoms with van der Waals surface area (Å²) in [5.74, 6) is 2.09. The number of rotatable bonds is 11. The van der Waals surface area contributed by atoms with Crippen molar-refractivity contribution < 1.29 is 4.79 Å². The third kappa shape index (κ3) is 5.37. The number of hydrogen-bond acceptors (Lipinski definition) is 6. The zero-order valence-electron chi connectivity index (χ0n) is 18.5. The lowest BCUT2D eigenvalue weighted by atomic mass is 10.1. The van der Waals surface area contributed by atoms with Gasteiger partial charge in [0, 0.05) is 31.7 Å². The number of amides is 1. The van der Waals surface area contributed by atoms with Gasteiger partial charge >= 0.3 is 0 Å². The van der Waals surface area contributed by atoms with Crippen LogP contribution in [0.3, 0.4) is 0 Å². The molecule has 0 fully saturated rings. The lowest BCUT2D eigenvalue weighted by Gasteiger charge is -2.12. The van der Waals surface area contributed by atoms with Crippen molar-refractivity contribution in [3.8, 4) is 0 Å². The first-order chi connectivity index (χ1) is 14.5. The Balaban J connectivity index is 1.65. The molecule has 0 radical (unpaired) electrons. The van der Waals surface area contributed by atoms with Crippen LogP contribution in [-0.4, -0.2) is 45.1 Å². The molecule has 8 heteroatoms. The molecule has 0 bridgehead atoms. The summed E-state index contributed by atoms with van der Waals surface area (Å²) in [6.45, 7) is 10.6.